The smallest absolute Gasteiger partial charge is 0.238 e. The Morgan fingerprint density at radius 1 is 1.17 bits per heavy atom. The van der Waals surface area contributed by atoms with Crippen molar-refractivity contribution in [2.24, 2.45) is 0 Å². The Labute approximate surface area is 169 Å². The average molecular weight is 420 g/mol. The molecule has 29 heavy (non-hydrogen) atoms. The van der Waals surface area contributed by atoms with Crippen molar-refractivity contribution in [2.45, 2.75) is 25.4 Å². The second kappa shape index (κ2) is 8.46. The van der Waals surface area contributed by atoms with Gasteiger partial charge in [-0.15, -0.1) is 0 Å². The summed E-state index contributed by atoms with van der Waals surface area (Å²) < 4.78 is 40.5. The lowest BCUT2D eigenvalue weighted by molar-refractivity contribution is -0.118. The number of sulfone groups is 1. The summed E-state index contributed by atoms with van der Waals surface area (Å²) in [6.45, 7) is 1.61. The SMILES string of the molecule is O=C(CN(Cc1ccco1)C1CCS(=O)(=O)C1)Nc1ccc2c(c1)OCCCO2. The molecule has 1 unspecified atom stereocenters. The minimum atomic E-state index is -3.06. The van der Waals surface area contributed by atoms with Gasteiger partial charge in [0.25, 0.3) is 0 Å². The molecule has 1 N–H and O–H groups in total. The van der Waals surface area contributed by atoms with Crippen LogP contribution in [-0.2, 0) is 21.2 Å². The van der Waals surface area contributed by atoms with Gasteiger partial charge in [0, 0.05) is 24.2 Å². The van der Waals surface area contributed by atoms with Crippen molar-refractivity contribution in [1.29, 1.82) is 0 Å². The zero-order chi connectivity index (χ0) is 20.3. The first-order chi connectivity index (χ1) is 14.0. The van der Waals surface area contributed by atoms with Crippen LogP contribution >= 0.6 is 0 Å². The summed E-state index contributed by atoms with van der Waals surface area (Å²) in [5, 5.41) is 2.87. The van der Waals surface area contributed by atoms with Crippen LogP contribution < -0.4 is 14.8 Å². The van der Waals surface area contributed by atoms with Gasteiger partial charge in [0.1, 0.15) is 5.76 Å². The third kappa shape index (κ3) is 5.10. The Balaban J connectivity index is 1.44. The van der Waals surface area contributed by atoms with Gasteiger partial charge in [-0.05, 0) is 30.7 Å². The highest BCUT2D eigenvalue weighted by Gasteiger charge is 2.33. The second-order valence-corrected chi connectivity index (χ2v) is 9.53. The van der Waals surface area contributed by atoms with E-state index in [2.05, 4.69) is 5.32 Å². The van der Waals surface area contributed by atoms with Crippen LogP contribution in [-0.4, -0.2) is 56.5 Å². The minimum Gasteiger partial charge on any atom is -0.490 e. The number of nitrogens with one attached hydrogen (secondary N) is 1. The number of ether oxygens (including phenoxy) is 2. The fourth-order valence-electron chi connectivity index (χ4n) is 3.61. The van der Waals surface area contributed by atoms with E-state index < -0.39 is 9.84 Å². The summed E-state index contributed by atoms with van der Waals surface area (Å²) in [6, 6.07) is 8.67. The van der Waals surface area contributed by atoms with E-state index in [0.29, 0.717) is 49.1 Å². The van der Waals surface area contributed by atoms with E-state index in [-0.39, 0.29) is 30.0 Å². The fourth-order valence-corrected chi connectivity index (χ4v) is 5.37. The minimum absolute atomic E-state index is 0.0605. The van der Waals surface area contributed by atoms with Gasteiger partial charge in [0.15, 0.2) is 21.3 Å². The zero-order valence-electron chi connectivity index (χ0n) is 16.0. The van der Waals surface area contributed by atoms with Gasteiger partial charge < -0.3 is 19.2 Å². The van der Waals surface area contributed by atoms with Crippen LogP contribution in [0.5, 0.6) is 11.5 Å². The highest BCUT2D eigenvalue weighted by Crippen LogP contribution is 2.32. The Kier molecular flexibility index (Phi) is 5.77. The molecule has 0 saturated carbocycles. The van der Waals surface area contributed by atoms with Crippen molar-refractivity contribution in [3.8, 4) is 11.5 Å². The van der Waals surface area contributed by atoms with Crippen molar-refractivity contribution in [1.82, 2.24) is 4.90 Å². The van der Waals surface area contributed by atoms with E-state index in [9.17, 15) is 13.2 Å². The first kappa shape index (κ1) is 19.8. The number of hydrogen-bond donors (Lipinski definition) is 1. The average Bonchev–Trinajstić information content (AvgIpc) is 3.24. The van der Waals surface area contributed by atoms with E-state index in [4.69, 9.17) is 13.9 Å². The third-order valence-corrected chi connectivity index (χ3v) is 6.79. The number of carbonyl (C=O) groups excluding carboxylic acids is 1. The molecule has 1 saturated heterocycles. The maximum Gasteiger partial charge on any atom is 0.238 e. The summed E-state index contributed by atoms with van der Waals surface area (Å²) in [6.07, 6.45) is 2.89. The number of rotatable bonds is 6. The highest BCUT2D eigenvalue weighted by molar-refractivity contribution is 7.91. The topological polar surface area (TPSA) is 98.1 Å². The molecule has 1 amide bonds. The van der Waals surface area contributed by atoms with E-state index >= 15 is 0 Å². The number of benzene rings is 1. The molecule has 9 heteroatoms. The Morgan fingerprint density at radius 2 is 2.00 bits per heavy atom. The number of hydrogen-bond acceptors (Lipinski definition) is 7. The largest absolute Gasteiger partial charge is 0.490 e. The monoisotopic (exact) mass is 420 g/mol. The van der Waals surface area contributed by atoms with E-state index in [0.717, 1.165) is 6.42 Å². The molecule has 3 heterocycles. The zero-order valence-corrected chi connectivity index (χ0v) is 16.8. The van der Waals surface area contributed by atoms with Gasteiger partial charge in [0.2, 0.25) is 5.91 Å². The number of carbonyl (C=O) groups is 1. The van der Waals surface area contributed by atoms with Gasteiger partial charge in [-0.3, -0.25) is 9.69 Å². The lowest BCUT2D eigenvalue weighted by Gasteiger charge is -2.26. The van der Waals surface area contributed by atoms with Gasteiger partial charge in [-0.25, -0.2) is 8.42 Å². The summed E-state index contributed by atoms with van der Waals surface area (Å²) in [4.78, 5) is 14.6. The molecule has 1 atom stereocenters. The molecular formula is C20H24N2O6S. The highest BCUT2D eigenvalue weighted by atomic mass is 32.2. The predicted molar refractivity (Wildman–Crippen MR) is 107 cm³/mol. The van der Waals surface area contributed by atoms with Crippen LogP contribution in [0.15, 0.2) is 41.0 Å². The van der Waals surface area contributed by atoms with Crippen molar-refractivity contribution in [2.75, 3.05) is 36.6 Å². The van der Waals surface area contributed by atoms with E-state index in [1.807, 2.05) is 11.0 Å². The van der Waals surface area contributed by atoms with Crippen molar-refractivity contribution in [3.05, 3.63) is 42.4 Å². The number of furan rings is 1. The van der Waals surface area contributed by atoms with Crippen LogP contribution in [0.2, 0.25) is 0 Å². The molecule has 156 valence electrons. The maximum absolute atomic E-state index is 12.7. The molecule has 1 fully saturated rings. The number of fused-ring (bicyclic) bond motifs is 1. The molecule has 4 rings (SSSR count). The van der Waals surface area contributed by atoms with Gasteiger partial charge >= 0.3 is 0 Å². The predicted octanol–water partition coefficient (Wildman–Crippen LogP) is 2.07. The second-order valence-electron chi connectivity index (χ2n) is 7.30. The number of amides is 1. The first-order valence-electron chi connectivity index (χ1n) is 9.65. The summed E-state index contributed by atoms with van der Waals surface area (Å²) in [7, 11) is -3.06. The van der Waals surface area contributed by atoms with Crippen LogP contribution in [0.1, 0.15) is 18.6 Å². The maximum atomic E-state index is 12.7. The Morgan fingerprint density at radius 3 is 2.72 bits per heavy atom. The first-order valence-corrected chi connectivity index (χ1v) is 11.5. The van der Waals surface area contributed by atoms with Crippen LogP contribution in [0.25, 0.3) is 0 Å². The van der Waals surface area contributed by atoms with Crippen LogP contribution in [0, 0.1) is 0 Å². The summed E-state index contributed by atoms with van der Waals surface area (Å²) in [5.41, 5.74) is 0.608. The Hall–Kier alpha value is -2.52. The summed E-state index contributed by atoms with van der Waals surface area (Å²) >= 11 is 0. The van der Waals surface area contributed by atoms with Gasteiger partial charge in [0.05, 0.1) is 44.1 Å². The van der Waals surface area contributed by atoms with E-state index in [1.165, 1.54) is 0 Å². The van der Waals surface area contributed by atoms with Crippen molar-refractivity contribution < 1.29 is 27.1 Å². The molecule has 0 spiro atoms. The van der Waals surface area contributed by atoms with Gasteiger partial charge in [-0.2, -0.15) is 0 Å². The molecule has 1 aromatic carbocycles. The standard InChI is InChI=1S/C20H24N2O6S/c23-20(21-15-4-5-18-19(11-15)28-9-2-8-27-18)13-22(12-17-3-1-7-26-17)16-6-10-29(24,25)14-16/h1,3-5,7,11,16H,2,6,8-10,12-14H2,(H,21,23). The van der Waals surface area contributed by atoms with Crippen LogP contribution in [0.4, 0.5) is 5.69 Å². The fraction of sp³-hybridized carbons (Fsp3) is 0.450. The molecular weight excluding hydrogens is 396 g/mol. The van der Waals surface area contributed by atoms with Crippen molar-refractivity contribution in [3.63, 3.8) is 0 Å². The summed E-state index contributed by atoms with van der Waals surface area (Å²) in [5.74, 6) is 1.94. The van der Waals surface area contributed by atoms with Crippen molar-refractivity contribution >= 4 is 21.4 Å². The van der Waals surface area contributed by atoms with Crippen LogP contribution in [0.3, 0.4) is 0 Å². The number of anilines is 1. The number of nitrogens with zero attached hydrogens (tertiary/aromatic N) is 1. The molecule has 8 nitrogen and oxygen atoms in total. The molecule has 0 radical (unpaired) electrons. The molecule has 2 aromatic rings. The quantitative estimate of drug-likeness (QED) is 0.764. The molecule has 1 aromatic heterocycles. The van der Waals surface area contributed by atoms with E-state index in [1.54, 1.807) is 30.5 Å². The molecule has 2 aliphatic rings. The normalized spacial score (nSPS) is 20.4. The molecule has 2 aliphatic heterocycles. The lowest BCUT2D eigenvalue weighted by Crippen LogP contribution is -2.41. The lowest BCUT2D eigenvalue weighted by atomic mass is 10.2. The third-order valence-electron chi connectivity index (χ3n) is 5.04. The molecule has 0 bridgehead atoms. The van der Waals surface area contributed by atoms with Gasteiger partial charge in [-0.1, -0.05) is 0 Å². The molecule has 0 aliphatic carbocycles. The Bertz CT molecular complexity index is 957.